The summed E-state index contributed by atoms with van der Waals surface area (Å²) in [5.74, 6) is 0. The molecule has 0 aliphatic rings. The van der Waals surface area contributed by atoms with E-state index in [4.69, 9.17) is 4.74 Å². The smallest absolute Gasteiger partial charge is 0.846 e. The quantitative estimate of drug-likeness (QED) is 0.579. The van der Waals surface area contributed by atoms with E-state index in [2.05, 4.69) is 4.98 Å². The summed E-state index contributed by atoms with van der Waals surface area (Å²) < 4.78 is 6.68. The number of rotatable bonds is 4. The van der Waals surface area contributed by atoms with Crippen molar-refractivity contribution in [3.63, 3.8) is 0 Å². The van der Waals surface area contributed by atoms with Gasteiger partial charge in [-0.25, -0.2) is 4.98 Å². The summed E-state index contributed by atoms with van der Waals surface area (Å²) in [4.78, 5) is 14.5. The fourth-order valence-electron chi connectivity index (χ4n) is 1.51. The number of benzene rings is 1. The molecule has 0 unspecified atom stereocenters. The van der Waals surface area contributed by atoms with E-state index in [-0.39, 0.29) is 25.6 Å². The van der Waals surface area contributed by atoms with Gasteiger partial charge in [0.05, 0.1) is 12.6 Å². The van der Waals surface area contributed by atoms with E-state index in [1.54, 1.807) is 6.92 Å². The van der Waals surface area contributed by atoms with Gasteiger partial charge in [0.2, 0.25) is 0 Å². The van der Waals surface area contributed by atoms with Crippen LogP contribution in [0.4, 0.5) is 0 Å². The Labute approximate surface area is 123 Å². The number of nitrogens with zero attached hydrogens (tertiary/aromatic N) is 2. The van der Waals surface area contributed by atoms with Crippen LogP contribution in [0.25, 0.3) is 0 Å². The first kappa shape index (κ1) is 15.5. The molecule has 0 atom stereocenters. The van der Waals surface area contributed by atoms with E-state index in [0.717, 1.165) is 5.56 Å². The van der Waals surface area contributed by atoms with Crippen LogP contribution in [0.3, 0.4) is 0 Å². The Morgan fingerprint density at radius 2 is 2.00 bits per heavy atom. The van der Waals surface area contributed by atoms with Gasteiger partial charge >= 0.3 is 18.9 Å². The summed E-state index contributed by atoms with van der Waals surface area (Å²) in [5.41, 5.74) is 0.966. The minimum atomic E-state index is -0.585. The third kappa shape index (κ3) is 4.25. The molecular weight excluding hydrogens is 239 g/mol. The molecule has 6 heteroatoms. The Bertz CT molecular complexity index is 584. The number of hydrogen-bond donors (Lipinski definition) is 0. The number of aryl methyl sites for hydroxylation is 1. The Kier molecular flexibility index (Phi) is 5.84. The molecule has 2 rings (SSSR count). The third-order valence-corrected chi connectivity index (χ3v) is 2.47. The summed E-state index contributed by atoms with van der Waals surface area (Å²) >= 11 is 0. The van der Waals surface area contributed by atoms with Gasteiger partial charge < -0.3 is 14.4 Å². The molecule has 0 bridgehead atoms. The number of aromatic nitrogens is 2. The van der Waals surface area contributed by atoms with Crippen molar-refractivity contribution in [3.8, 4) is 6.01 Å². The molecule has 1 aromatic carbocycles. The molecule has 0 amide bonds. The molecule has 94 valence electrons. The van der Waals surface area contributed by atoms with Crippen LogP contribution < -0.4 is 29.5 Å². The van der Waals surface area contributed by atoms with Gasteiger partial charge in [-0.1, -0.05) is 30.3 Å². The Balaban J connectivity index is 0.00000180. The van der Waals surface area contributed by atoms with E-state index in [0.29, 0.717) is 12.2 Å². The summed E-state index contributed by atoms with van der Waals surface area (Å²) in [5, 5.41) is 11.4. The molecule has 0 radical (unpaired) electrons. The van der Waals surface area contributed by atoms with Crippen LogP contribution in [-0.4, -0.2) is 9.55 Å². The summed E-state index contributed by atoms with van der Waals surface area (Å²) in [7, 11) is 0. The molecule has 1 aromatic heterocycles. The molecule has 5 nitrogen and oxygen atoms in total. The standard InChI is InChI=1S/C13H14N2O3.Li/c1-10-7-15(13(17)14-12(10)16)9-18-8-11-5-3-2-4-6-11;/h2-7H,8-9H2,1H3,(H,14,16,17);/q;+1/p-1. The van der Waals surface area contributed by atoms with E-state index in [1.807, 2.05) is 30.3 Å². The molecule has 19 heavy (non-hydrogen) atoms. The van der Waals surface area contributed by atoms with Crippen LogP contribution in [0, 0.1) is 6.92 Å². The molecule has 0 spiro atoms. The zero-order chi connectivity index (χ0) is 13.0. The van der Waals surface area contributed by atoms with Crippen molar-refractivity contribution in [1.82, 2.24) is 9.55 Å². The Hall–Kier alpha value is -1.54. The van der Waals surface area contributed by atoms with Crippen molar-refractivity contribution in [2.75, 3.05) is 0 Å². The van der Waals surface area contributed by atoms with E-state index < -0.39 is 11.6 Å². The first-order valence-electron chi connectivity index (χ1n) is 5.53. The van der Waals surface area contributed by atoms with Gasteiger partial charge in [0.15, 0.2) is 0 Å². The zero-order valence-electron chi connectivity index (χ0n) is 11.0. The van der Waals surface area contributed by atoms with Gasteiger partial charge in [-0.15, -0.1) is 0 Å². The average molecular weight is 252 g/mol. The van der Waals surface area contributed by atoms with Crippen molar-refractivity contribution in [2.24, 2.45) is 0 Å². The number of ether oxygens (including phenoxy) is 1. The first-order chi connectivity index (χ1) is 8.66. The second-order valence-corrected chi connectivity index (χ2v) is 3.94. The largest absolute Gasteiger partial charge is 1.00 e. The van der Waals surface area contributed by atoms with E-state index in [9.17, 15) is 9.90 Å². The third-order valence-electron chi connectivity index (χ3n) is 2.47. The summed E-state index contributed by atoms with van der Waals surface area (Å²) in [6.07, 6.45) is 1.46. The van der Waals surface area contributed by atoms with E-state index >= 15 is 0 Å². The predicted molar refractivity (Wildman–Crippen MR) is 63.9 cm³/mol. The molecule has 0 saturated heterocycles. The first-order valence-corrected chi connectivity index (χ1v) is 5.53. The van der Waals surface area contributed by atoms with Gasteiger partial charge in [0.25, 0.3) is 5.56 Å². The maximum Gasteiger partial charge on any atom is 1.00 e. The molecule has 1 heterocycles. The maximum atomic E-state index is 11.4. The SMILES string of the molecule is Cc1cn(COCc2ccccc2)c([O-])nc1=O.[Li+]. The monoisotopic (exact) mass is 252 g/mol. The van der Waals surface area contributed by atoms with Gasteiger partial charge in [-0.05, 0) is 12.5 Å². The van der Waals surface area contributed by atoms with Crippen LogP contribution in [0.15, 0.2) is 41.3 Å². The van der Waals surface area contributed by atoms with Crippen LogP contribution >= 0.6 is 0 Å². The van der Waals surface area contributed by atoms with Crippen molar-refractivity contribution in [3.05, 3.63) is 58.0 Å². The minimum Gasteiger partial charge on any atom is -0.846 e. The summed E-state index contributed by atoms with van der Waals surface area (Å²) in [6, 6.07) is 9.05. The molecule has 0 aliphatic carbocycles. The van der Waals surface area contributed by atoms with Gasteiger partial charge in [-0.3, -0.25) is 4.79 Å². The van der Waals surface area contributed by atoms with Crippen LogP contribution in [0.5, 0.6) is 6.01 Å². The zero-order valence-corrected chi connectivity index (χ0v) is 11.0. The second kappa shape index (κ2) is 7.15. The molecule has 0 N–H and O–H groups in total. The van der Waals surface area contributed by atoms with Gasteiger partial charge in [0, 0.05) is 11.8 Å². The summed E-state index contributed by atoms with van der Waals surface area (Å²) in [6.45, 7) is 2.11. The Morgan fingerprint density at radius 1 is 1.32 bits per heavy atom. The van der Waals surface area contributed by atoms with Crippen LogP contribution in [0.1, 0.15) is 11.1 Å². The normalized spacial score (nSPS) is 9.95. The predicted octanol–water partition coefficient (Wildman–Crippen LogP) is -2.20. The van der Waals surface area contributed by atoms with Crippen LogP contribution in [-0.2, 0) is 18.1 Å². The van der Waals surface area contributed by atoms with Crippen molar-refractivity contribution >= 4 is 0 Å². The Morgan fingerprint density at radius 3 is 2.68 bits per heavy atom. The maximum absolute atomic E-state index is 11.4. The minimum absolute atomic E-state index is 0. The number of hydrogen-bond acceptors (Lipinski definition) is 4. The molecule has 0 fully saturated rings. The van der Waals surface area contributed by atoms with Crippen molar-refractivity contribution in [2.45, 2.75) is 20.3 Å². The van der Waals surface area contributed by atoms with Crippen LogP contribution in [0.2, 0.25) is 0 Å². The average Bonchev–Trinajstić information content (AvgIpc) is 2.37. The fraction of sp³-hybridized carbons (Fsp3) is 0.231. The van der Waals surface area contributed by atoms with Crippen molar-refractivity contribution < 1.29 is 28.7 Å². The molecule has 0 saturated carbocycles. The molecule has 0 aliphatic heterocycles. The topological polar surface area (TPSA) is 67.2 Å². The second-order valence-electron chi connectivity index (χ2n) is 3.94. The van der Waals surface area contributed by atoms with E-state index in [1.165, 1.54) is 10.8 Å². The molecular formula is C13H13LiN2O3. The molecule has 2 aromatic rings. The fourth-order valence-corrected chi connectivity index (χ4v) is 1.51. The van der Waals surface area contributed by atoms with Crippen molar-refractivity contribution in [1.29, 1.82) is 0 Å². The van der Waals surface area contributed by atoms with Gasteiger partial charge in [0.1, 0.15) is 6.73 Å². The van der Waals surface area contributed by atoms with Gasteiger partial charge in [-0.2, -0.15) is 0 Å².